The van der Waals surface area contributed by atoms with Crippen LogP contribution < -0.4 is 5.32 Å². The Morgan fingerprint density at radius 1 is 1.54 bits per heavy atom. The van der Waals surface area contributed by atoms with Crippen molar-refractivity contribution in [2.24, 2.45) is 11.8 Å². The van der Waals surface area contributed by atoms with Crippen LogP contribution in [0.3, 0.4) is 0 Å². The second-order valence-corrected chi connectivity index (χ2v) is 10.8. The minimum absolute atomic E-state index is 0.0804. The van der Waals surface area contributed by atoms with Gasteiger partial charge in [0.2, 0.25) is 5.91 Å². The minimum Gasteiger partial charge on any atom is -0.477 e. The largest absolute Gasteiger partial charge is 0.477 e. The molecule has 0 radical (unpaired) electrons. The highest BCUT2D eigenvalue weighted by molar-refractivity contribution is 8.03. The number of carbonyl (C=O) groups excluding carboxylic acids is 1. The first kappa shape index (κ1) is 20.1. The van der Waals surface area contributed by atoms with Crippen LogP contribution in [-0.2, 0) is 9.59 Å². The van der Waals surface area contributed by atoms with E-state index in [-0.39, 0.29) is 28.8 Å². The van der Waals surface area contributed by atoms with Crippen molar-refractivity contribution >= 4 is 46.7 Å². The van der Waals surface area contributed by atoms with Gasteiger partial charge in [-0.15, -0.1) is 22.0 Å². The summed E-state index contributed by atoms with van der Waals surface area (Å²) in [7, 11) is 0. The molecule has 6 atom stereocenters. The molecule has 1 aromatic heterocycles. The van der Waals surface area contributed by atoms with Gasteiger partial charge in [-0.05, 0) is 13.3 Å². The summed E-state index contributed by atoms with van der Waals surface area (Å²) in [6.07, 6.45) is 0.156. The molecule has 2 fully saturated rings. The molecule has 2 saturated heterocycles. The SMILES string of the molecule is C[C@@H](O)[C@H]1C(=O)N2C(C(=O)O)=C(S[C@@H]3CN[C@H](CSc4nncs4)C3)[C@H](C)[C@H]12. The van der Waals surface area contributed by atoms with Crippen LogP contribution >= 0.6 is 34.9 Å². The molecule has 11 heteroatoms. The molecule has 8 nitrogen and oxygen atoms in total. The molecule has 3 N–H and O–H groups in total. The number of aromatic nitrogens is 2. The lowest BCUT2D eigenvalue weighted by Crippen LogP contribution is -2.63. The van der Waals surface area contributed by atoms with E-state index in [1.54, 1.807) is 36.0 Å². The molecule has 0 aromatic carbocycles. The van der Waals surface area contributed by atoms with E-state index in [1.807, 2.05) is 6.92 Å². The zero-order valence-corrected chi connectivity index (χ0v) is 17.9. The fourth-order valence-electron chi connectivity index (χ4n) is 4.25. The fraction of sp³-hybridized carbons (Fsp3) is 0.647. The van der Waals surface area contributed by atoms with Gasteiger partial charge in [-0.3, -0.25) is 4.79 Å². The summed E-state index contributed by atoms with van der Waals surface area (Å²) in [5.41, 5.74) is 1.83. The molecule has 1 amide bonds. The summed E-state index contributed by atoms with van der Waals surface area (Å²) >= 11 is 4.78. The second kappa shape index (κ2) is 7.94. The van der Waals surface area contributed by atoms with Crippen LogP contribution in [0.1, 0.15) is 20.3 Å². The maximum Gasteiger partial charge on any atom is 0.353 e. The van der Waals surface area contributed by atoms with Gasteiger partial charge in [0, 0.05) is 34.4 Å². The van der Waals surface area contributed by atoms with E-state index in [0.717, 1.165) is 28.0 Å². The highest BCUT2D eigenvalue weighted by Crippen LogP contribution is 2.51. The Kier molecular flexibility index (Phi) is 5.71. The third kappa shape index (κ3) is 3.47. The number of β-lactam (4-membered cyclic amide) rings is 1. The summed E-state index contributed by atoms with van der Waals surface area (Å²) in [4.78, 5) is 26.4. The van der Waals surface area contributed by atoms with Crippen LogP contribution in [0.2, 0.25) is 0 Å². The number of hydrogen-bond acceptors (Lipinski definition) is 9. The van der Waals surface area contributed by atoms with Gasteiger partial charge in [0.05, 0.1) is 18.1 Å². The first-order valence-corrected chi connectivity index (χ1v) is 11.9. The van der Waals surface area contributed by atoms with E-state index in [2.05, 4.69) is 15.5 Å². The quantitative estimate of drug-likeness (QED) is 0.424. The normalized spacial score (nSPS) is 33.2. The Morgan fingerprint density at radius 2 is 2.32 bits per heavy atom. The summed E-state index contributed by atoms with van der Waals surface area (Å²) in [6.45, 7) is 4.36. The van der Waals surface area contributed by atoms with Crippen molar-refractivity contribution in [2.75, 3.05) is 12.3 Å². The predicted octanol–water partition coefficient (Wildman–Crippen LogP) is 1.25. The van der Waals surface area contributed by atoms with Gasteiger partial charge >= 0.3 is 5.97 Å². The van der Waals surface area contributed by atoms with Gasteiger partial charge in [-0.1, -0.05) is 30.0 Å². The van der Waals surface area contributed by atoms with E-state index in [1.165, 1.54) is 16.2 Å². The third-order valence-electron chi connectivity index (χ3n) is 5.53. The van der Waals surface area contributed by atoms with Crippen molar-refractivity contribution in [3.05, 3.63) is 16.1 Å². The van der Waals surface area contributed by atoms with E-state index in [9.17, 15) is 19.8 Å². The summed E-state index contributed by atoms with van der Waals surface area (Å²) < 4.78 is 0.949. The van der Waals surface area contributed by atoms with Gasteiger partial charge in [0.25, 0.3) is 0 Å². The van der Waals surface area contributed by atoms with Crippen molar-refractivity contribution in [3.8, 4) is 0 Å². The molecule has 0 saturated carbocycles. The lowest BCUT2D eigenvalue weighted by Gasteiger charge is -2.46. The number of rotatable bonds is 7. The number of nitrogens with zero attached hydrogens (tertiary/aromatic N) is 3. The highest BCUT2D eigenvalue weighted by atomic mass is 32.2. The molecule has 0 unspecified atom stereocenters. The number of fused-ring (bicyclic) bond motifs is 1. The first-order valence-electron chi connectivity index (χ1n) is 9.16. The Hall–Kier alpha value is -1.14. The van der Waals surface area contributed by atoms with Gasteiger partial charge in [-0.25, -0.2) is 4.79 Å². The number of thioether (sulfide) groups is 2. The standard InChI is InChI=1S/C17H22N4O4S3/c1-7-12-11(8(2)22)15(23)21(12)13(16(24)25)14(7)28-10-3-9(18-4-10)5-26-17-20-19-6-27-17/h6-12,18,22H,3-5H2,1-2H3,(H,24,25)/t7-,8-,9+,10+,11-,12-/m1/s1. The monoisotopic (exact) mass is 442 g/mol. The number of aliphatic hydroxyl groups is 1. The number of aliphatic carboxylic acids is 1. The number of carboxylic acids is 1. The van der Waals surface area contributed by atoms with Crippen LogP contribution in [0.15, 0.2) is 20.5 Å². The zero-order valence-electron chi connectivity index (χ0n) is 15.4. The van der Waals surface area contributed by atoms with E-state index in [0.29, 0.717) is 6.04 Å². The molecule has 152 valence electrons. The van der Waals surface area contributed by atoms with Crippen molar-refractivity contribution in [1.82, 2.24) is 20.4 Å². The second-order valence-electron chi connectivity index (χ2n) is 7.37. The van der Waals surface area contributed by atoms with Crippen molar-refractivity contribution in [3.63, 3.8) is 0 Å². The van der Waals surface area contributed by atoms with Crippen LogP contribution in [0.25, 0.3) is 0 Å². The van der Waals surface area contributed by atoms with Crippen LogP contribution in [0.4, 0.5) is 0 Å². The zero-order chi connectivity index (χ0) is 20.0. The number of carbonyl (C=O) groups is 2. The topological polar surface area (TPSA) is 116 Å². The molecule has 1 aromatic rings. The Morgan fingerprint density at radius 3 is 2.96 bits per heavy atom. The van der Waals surface area contributed by atoms with Gasteiger partial charge in [0.1, 0.15) is 11.2 Å². The van der Waals surface area contributed by atoms with Crippen LogP contribution in [0, 0.1) is 11.8 Å². The van der Waals surface area contributed by atoms with E-state index in [4.69, 9.17) is 0 Å². The lowest BCUT2D eigenvalue weighted by atomic mass is 9.79. The summed E-state index contributed by atoms with van der Waals surface area (Å²) in [6, 6.07) is 0.0834. The summed E-state index contributed by atoms with van der Waals surface area (Å²) in [5.74, 6) is -1.05. The van der Waals surface area contributed by atoms with Crippen LogP contribution in [0.5, 0.6) is 0 Å². The highest BCUT2D eigenvalue weighted by Gasteiger charge is 2.60. The fourth-order valence-corrected chi connectivity index (χ4v) is 7.36. The molecule has 0 spiro atoms. The number of carboxylic acid groups (broad SMARTS) is 1. The third-order valence-corrected chi connectivity index (χ3v) is 9.07. The lowest BCUT2D eigenvalue weighted by molar-refractivity contribution is -0.163. The van der Waals surface area contributed by atoms with Gasteiger partial charge < -0.3 is 20.4 Å². The number of nitrogens with one attached hydrogen (secondary N) is 1. The molecular formula is C17H22N4O4S3. The summed E-state index contributed by atoms with van der Waals surface area (Å²) in [5, 5.41) is 31.3. The van der Waals surface area contributed by atoms with Crippen molar-refractivity contribution in [2.45, 2.75) is 48.0 Å². The molecular weight excluding hydrogens is 420 g/mol. The molecule has 3 aliphatic rings. The molecule has 3 aliphatic heterocycles. The average Bonchev–Trinajstić information content (AvgIpc) is 3.34. The molecule has 28 heavy (non-hydrogen) atoms. The van der Waals surface area contributed by atoms with E-state index >= 15 is 0 Å². The van der Waals surface area contributed by atoms with E-state index < -0.39 is 18.0 Å². The number of amides is 1. The van der Waals surface area contributed by atoms with Gasteiger partial charge in [0.15, 0.2) is 4.34 Å². The smallest absolute Gasteiger partial charge is 0.353 e. The maximum absolute atomic E-state index is 12.4. The minimum atomic E-state index is -1.07. The number of aliphatic hydroxyl groups excluding tert-OH is 1. The first-order chi connectivity index (χ1) is 13.4. The molecule has 0 bridgehead atoms. The van der Waals surface area contributed by atoms with Crippen molar-refractivity contribution in [1.29, 1.82) is 0 Å². The van der Waals surface area contributed by atoms with Crippen molar-refractivity contribution < 1.29 is 19.8 Å². The predicted molar refractivity (Wildman–Crippen MR) is 108 cm³/mol. The molecule has 0 aliphatic carbocycles. The Bertz CT molecular complexity index is 800. The Balaban J connectivity index is 1.42. The van der Waals surface area contributed by atoms with Gasteiger partial charge in [-0.2, -0.15) is 0 Å². The molecule has 4 heterocycles. The maximum atomic E-state index is 12.4. The number of hydrogen-bond donors (Lipinski definition) is 3. The molecule has 4 rings (SSSR count). The Labute approximate surface area is 175 Å². The van der Waals surface area contributed by atoms with Crippen LogP contribution in [-0.4, -0.2) is 72.9 Å². The average molecular weight is 443 g/mol.